The predicted octanol–water partition coefficient (Wildman–Crippen LogP) is -2.71. The van der Waals surface area contributed by atoms with E-state index in [0.717, 1.165) is 0 Å². The second-order valence-corrected chi connectivity index (χ2v) is 3.85. The van der Waals surface area contributed by atoms with Gasteiger partial charge >= 0.3 is 5.69 Å². The summed E-state index contributed by atoms with van der Waals surface area (Å²) < 4.78 is 18.3. The summed E-state index contributed by atoms with van der Waals surface area (Å²) >= 11 is 0. The van der Waals surface area contributed by atoms with E-state index >= 15 is 0 Å². The lowest BCUT2D eigenvalue weighted by molar-refractivity contribution is -0.0569. The van der Waals surface area contributed by atoms with Crippen LogP contribution in [-0.4, -0.2) is 49.8 Å². The highest BCUT2D eigenvalue weighted by atomic mass is 19.1. The number of H-pyrrole nitrogens is 1. The fraction of sp³-hybridized carbons (Fsp3) is 0.556. The van der Waals surface area contributed by atoms with Gasteiger partial charge in [0.1, 0.15) is 18.3 Å². The third kappa shape index (κ3) is 1.86. The molecule has 0 saturated carbocycles. The number of aliphatic hydroxyl groups excluding tert-OH is 3. The molecule has 0 bridgehead atoms. The van der Waals surface area contributed by atoms with Gasteiger partial charge in [-0.05, 0) is 0 Å². The largest absolute Gasteiger partial charge is 0.394 e. The van der Waals surface area contributed by atoms with Crippen molar-refractivity contribution in [2.45, 2.75) is 24.5 Å². The van der Waals surface area contributed by atoms with E-state index < -0.39 is 48.2 Å². The minimum absolute atomic E-state index is 0.318. The van der Waals surface area contributed by atoms with Crippen molar-refractivity contribution in [1.29, 1.82) is 0 Å². The van der Waals surface area contributed by atoms with Crippen molar-refractivity contribution in [3.8, 4) is 0 Å². The third-order valence-corrected chi connectivity index (χ3v) is 2.74. The highest BCUT2D eigenvalue weighted by Gasteiger charge is 2.44. The summed E-state index contributed by atoms with van der Waals surface area (Å²) in [6, 6.07) is 0. The molecule has 0 unspecified atom stereocenters. The summed E-state index contributed by atoms with van der Waals surface area (Å²) in [5.41, 5.74) is -2.27. The van der Waals surface area contributed by atoms with Crippen LogP contribution in [0.1, 0.15) is 6.23 Å². The summed E-state index contributed by atoms with van der Waals surface area (Å²) in [5, 5.41) is 28.0. The monoisotopic (exact) mass is 262 g/mol. The van der Waals surface area contributed by atoms with Crippen LogP contribution >= 0.6 is 0 Å². The van der Waals surface area contributed by atoms with Crippen LogP contribution < -0.4 is 11.2 Å². The first-order valence-electron chi connectivity index (χ1n) is 5.09. The molecule has 1 aromatic heterocycles. The number of aliphatic hydroxyl groups is 3. The SMILES string of the molecule is O=c1[nH]cc(F)c(=O)n1[C@H]1O[C@@H](CO)[C@@H](O)[C@H]1O. The Morgan fingerprint density at radius 1 is 1.39 bits per heavy atom. The Hall–Kier alpha value is -1.55. The van der Waals surface area contributed by atoms with Gasteiger partial charge in [-0.25, -0.2) is 9.36 Å². The summed E-state index contributed by atoms with van der Waals surface area (Å²) in [4.78, 5) is 24.8. The highest BCUT2D eigenvalue weighted by molar-refractivity contribution is 4.94. The number of halogens is 1. The van der Waals surface area contributed by atoms with Gasteiger partial charge in [0.05, 0.1) is 6.61 Å². The molecule has 4 atom stereocenters. The first-order valence-corrected chi connectivity index (χ1v) is 5.09. The molecule has 0 radical (unpaired) electrons. The molecular weight excluding hydrogens is 251 g/mol. The zero-order valence-corrected chi connectivity index (χ0v) is 8.99. The topological polar surface area (TPSA) is 125 Å². The standard InChI is InChI=1S/C9H11FN2O6/c10-3-1-11-9(17)12(7(3)16)8-6(15)5(14)4(2-13)18-8/h1,4-6,8,13-15H,2H2,(H,11,17)/t4-,5+,6+,8-/m0/s1. The maximum atomic E-state index is 13.1. The Kier molecular flexibility index (Phi) is 3.30. The van der Waals surface area contributed by atoms with Crippen molar-refractivity contribution in [3.63, 3.8) is 0 Å². The molecule has 4 N–H and O–H groups in total. The van der Waals surface area contributed by atoms with Crippen molar-refractivity contribution in [2.24, 2.45) is 0 Å². The normalized spacial score (nSPS) is 31.8. The summed E-state index contributed by atoms with van der Waals surface area (Å²) in [7, 11) is 0. The number of aromatic amines is 1. The Balaban J connectivity index is 2.48. The minimum Gasteiger partial charge on any atom is -0.394 e. The molecule has 1 aromatic rings. The first kappa shape index (κ1) is 12.9. The molecule has 1 fully saturated rings. The average Bonchev–Trinajstić information content (AvgIpc) is 2.62. The molecule has 2 heterocycles. The Morgan fingerprint density at radius 3 is 2.61 bits per heavy atom. The van der Waals surface area contributed by atoms with Gasteiger partial charge in [0.15, 0.2) is 6.23 Å². The van der Waals surface area contributed by atoms with E-state index in [2.05, 4.69) is 0 Å². The van der Waals surface area contributed by atoms with Gasteiger partial charge in [-0.15, -0.1) is 0 Å². The van der Waals surface area contributed by atoms with Crippen molar-refractivity contribution < 1.29 is 24.4 Å². The number of aromatic nitrogens is 2. The van der Waals surface area contributed by atoms with E-state index in [4.69, 9.17) is 9.84 Å². The zero-order valence-electron chi connectivity index (χ0n) is 8.99. The third-order valence-electron chi connectivity index (χ3n) is 2.74. The molecule has 1 aliphatic heterocycles. The summed E-state index contributed by atoms with van der Waals surface area (Å²) in [6.45, 7) is -0.614. The summed E-state index contributed by atoms with van der Waals surface area (Å²) in [5.74, 6) is -1.23. The van der Waals surface area contributed by atoms with E-state index in [1.807, 2.05) is 4.98 Å². The number of nitrogens with zero attached hydrogens (tertiary/aromatic N) is 1. The van der Waals surface area contributed by atoms with Gasteiger partial charge in [-0.1, -0.05) is 0 Å². The van der Waals surface area contributed by atoms with Crippen molar-refractivity contribution in [1.82, 2.24) is 9.55 Å². The van der Waals surface area contributed by atoms with Crippen LogP contribution in [-0.2, 0) is 4.74 Å². The zero-order chi connectivity index (χ0) is 13.4. The molecule has 1 saturated heterocycles. The fourth-order valence-corrected chi connectivity index (χ4v) is 1.79. The smallest absolute Gasteiger partial charge is 0.330 e. The van der Waals surface area contributed by atoms with E-state index in [1.54, 1.807) is 0 Å². The Labute approximate surface area is 98.9 Å². The highest BCUT2D eigenvalue weighted by Crippen LogP contribution is 2.27. The minimum atomic E-state index is -1.62. The summed E-state index contributed by atoms with van der Waals surface area (Å²) in [6.07, 6.45) is -5.22. The van der Waals surface area contributed by atoms with E-state index in [9.17, 15) is 24.2 Å². The maximum absolute atomic E-state index is 13.1. The Bertz CT molecular complexity index is 555. The number of hydrogen-bond donors (Lipinski definition) is 4. The molecule has 2 rings (SSSR count). The molecule has 0 amide bonds. The molecule has 100 valence electrons. The quantitative estimate of drug-likeness (QED) is 0.459. The van der Waals surface area contributed by atoms with Crippen molar-refractivity contribution >= 4 is 0 Å². The predicted molar refractivity (Wildman–Crippen MR) is 54.3 cm³/mol. The van der Waals surface area contributed by atoms with Gasteiger partial charge in [0.2, 0.25) is 5.82 Å². The molecule has 18 heavy (non-hydrogen) atoms. The molecule has 0 aromatic carbocycles. The molecule has 9 heteroatoms. The number of ether oxygens (including phenoxy) is 1. The van der Waals surface area contributed by atoms with Crippen LogP contribution in [0.15, 0.2) is 15.8 Å². The van der Waals surface area contributed by atoms with E-state index in [1.165, 1.54) is 0 Å². The number of hydrogen-bond acceptors (Lipinski definition) is 6. The van der Waals surface area contributed by atoms with Crippen molar-refractivity contribution in [3.05, 3.63) is 32.9 Å². The van der Waals surface area contributed by atoms with Gasteiger partial charge < -0.3 is 25.0 Å². The Morgan fingerprint density at radius 2 is 2.06 bits per heavy atom. The van der Waals surface area contributed by atoms with Crippen LogP contribution in [0.25, 0.3) is 0 Å². The molecular formula is C9H11FN2O6. The lowest BCUT2D eigenvalue weighted by Crippen LogP contribution is -2.43. The van der Waals surface area contributed by atoms with E-state index in [0.29, 0.717) is 10.8 Å². The second-order valence-electron chi connectivity index (χ2n) is 3.85. The lowest BCUT2D eigenvalue weighted by atomic mass is 10.1. The van der Waals surface area contributed by atoms with Crippen LogP contribution in [0, 0.1) is 5.82 Å². The van der Waals surface area contributed by atoms with Crippen LogP contribution in [0.4, 0.5) is 4.39 Å². The fourth-order valence-electron chi connectivity index (χ4n) is 1.79. The molecule has 8 nitrogen and oxygen atoms in total. The van der Waals surface area contributed by atoms with Gasteiger partial charge in [-0.3, -0.25) is 4.79 Å². The molecule has 0 aliphatic carbocycles. The van der Waals surface area contributed by atoms with Crippen LogP contribution in [0.3, 0.4) is 0 Å². The molecule has 0 spiro atoms. The lowest BCUT2D eigenvalue weighted by Gasteiger charge is -2.15. The number of rotatable bonds is 2. The first-order chi connectivity index (χ1) is 8.47. The van der Waals surface area contributed by atoms with E-state index in [-0.39, 0.29) is 0 Å². The van der Waals surface area contributed by atoms with Crippen molar-refractivity contribution in [2.75, 3.05) is 6.61 Å². The maximum Gasteiger partial charge on any atom is 0.330 e. The van der Waals surface area contributed by atoms with Crippen LogP contribution in [0.2, 0.25) is 0 Å². The molecule has 1 aliphatic rings. The van der Waals surface area contributed by atoms with Gasteiger partial charge in [-0.2, -0.15) is 4.39 Å². The number of nitrogens with one attached hydrogen (secondary N) is 1. The second kappa shape index (κ2) is 4.61. The van der Waals surface area contributed by atoms with Gasteiger partial charge in [0, 0.05) is 6.20 Å². The van der Waals surface area contributed by atoms with Crippen LogP contribution in [0.5, 0.6) is 0 Å². The van der Waals surface area contributed by atoms with Gasteiger partial charge in [0.25, 0.3) is 5.56 Å². The average molecular weight is 262 g/mol.